The molecule has 8 heteroatoms. The second kappa shape index (κ2) is 10.1. The minimum Gasteiger partial charge on any atom is -0.356 e. The van der Waals surface area contributed by atoms with Crippen LogP contribution in [0.2, 0.25) is 0 Å². The van der Waals surface area contributed by atoms with Crippen LogP contribution >= 0.6 is 0 Å². The smallest absolute Gasteiger partial charge is 0.233 e. The van der Waals surface area contributed by atoms with E-state index < -0.39 is 10.0 Å². The predicted molar refractivity (Wildman–Crippen MR) is 107 cm³/mol. The van der Waals surface area contributed by atoms with Gasteiger partial charge in [0, 0.05) is 25.6 Å². The lowest BCUT2D eigenvalue weighted by Gasteiger charge is -2.13. The summed E-state index contributed by atoms with van der Waals surface area (Å²) in [6, 6.07) is 6.40. The number of hydrogen-bond donors (Lipinski definition) is 3. The van der Waals surface area contributed by atoms with E-state index in [4.69, 9.17) is 0 Å². The Hall–Kier alpha value is -2.35. The molecule has 7 nitrogen and oxygen atoms in total. The van der Waals surface area contributed by atoms with Crippen LogP contribution in [0.5, 0.6) is 0 Å². The van der Waals surface area contributed by atoms with Crippen LogP contribution in [0.4, 0.5) is 11.4 Å². The van der Waals surface area contributed by atoms with Crippen molar-refractivity contribution in [1.29, 1.82) is 0 Å². The molecule has 0 unspecified atom stereocenters. The highest BCUT2D eigenvalue weighted by atomic mass is 32.2. The summed E-state index contributed by atoms with van der Waals surface area (Å²) >= 11 is 0. The molecule has 1 aromatic rings. The van der Waals surface area contributed by atoms with Gasteiger partial charge in [-0.05, 0) is 50.3 Å². The Morgan fingerprint density at radius 1 is 1.15 bits per heavy atom. The van der Waals surface area contributed by atoms with Gasteiger partial charge in [-0.2, -0.15) is 0 Å². The molecule has 0 heterocycles. The van der Waals surface area contributed by atoms with Gasteiger partial charge in [-0.25, -0.2) is 8.42 Å². The number of carbonyl (C=O) groups is 2. The lowest BCUT2D eigenvalue weighted by atomic mass is 9.97. The molecule has 27 heavy (non-hydrogen) atoms. The Morgan fingerprint density at radius 3 is 2.63 bits per heavy atom. The second-order valence-corrected chi connectivity index (χ2v) is 8.48. The van der Waals surface area contributed by atoms with Gasteiger partial charge in [0.2, 0.25) is 21.8 Å². The van der Waals surface area contributed by atoms with E-state index in [0.29, 0.717) is 17.9 Å². The molecule has 0 saturated carbocycles. The zero-order valence-electron chi connectivity index (χ0n) is 15.6. The van der Waals surface area contributed by atoms with E-state index in [1.54, 1.807) is 18.2 Å². The highest BCUT2D eigenvalue weighted by Gasteiger charge is 2.14. The Morgan fingerprint density at radius 2 is 1.93 bits per heavy atom. The number of rotatable bonds is 9. The van der Waals surface area contributed by atoms with Crippen molar-refractivity contribution >= 4 is 33.2 Å². The third-order valence-corrected chi connectivity index (χ3v) is 5.50. The van der Waals surface area contributed by atoms with Crippen molar-refractivity contribution in [3.05, 3.63) is 35.9 Å². The Kier molecular flexibility index (Phi) is 7.84. The van der Waals surface area contributed by atoms with Crippen LogP contribution in [0, 0.1) is 0 Å². The van der Waals surface area contributed by atoms with Crippen molar-refractivity contribution in [2.75, 3.05) is 22.3 Å². The van der Waals surface area contributed by atoms with Gasteiger partial charge in [0.05, 0.1) is 11.4 Å². The van der Waals surface area contributed by atoms with E-state index in [-0.39, 0.29) is 24.0 Å². The van der Waals surface area contributed by atoms with Crippen molar-refractivity contribution in [3.63, 3.8) is 0 Å². The largest absolute Gasteiger partial charge is 0.356 e. The van der Waals surface area contributed by atoms with Crippen LogP contribution in [-0.2, 0) is 19.6 Å². The fraction of sp³-hybridized carbons (Fsp3) is 0.474. The first-order chi connectivity index (χ1) is 12.8. The Bertz CT molecular complexity index is 803. The number of allylic oxidation sites excluding steroid dienone is 1. The third kappa shape index (κ3) is 8.25. The number of nitrogens with one attached hydrogen (secondary N) is 3. The molecule has 3 N–H and O–H groups in total. The maximum atomic E-state index is 12.2. The minimum absolute atomic E-state index is 0.0975. The van der Waals surface area contributed by atoms with Gasteiger partial charge in [-0.3, -0.25) is 14.3 Å². The standard InChI is InChI=1S/C19H27N3O4S/c1-15(23)21-17-8-5-9-18(14-17)22-27(25,26)13-11-19(24)20-12-10-16-6-3-2-4-7-16/h5-6,8-9,14,22H,2-4,7,10-13H2,1H3,(H,20,24)(H,21,23). The fourth-order valence-corrected chi connectivity index (χ4v) is 3.95. The summed E-state index contributed by atoms with van der Waals surface area (Å²) in [4.78, 5) is 23.0. The average Bonchev–Trinajstić information content (AvgIpc) is 2.60. The first-order valence-electron chi connectivity index (χ1n) is 9.17. The summed E-state index contributed by atoms with van der Waals surface area (Å²) in [5, 5.41) is 5.37. The zero-order valence-corrected chi connectivity index (χ0v) is 16.4. The number of carbonyl (C=O) groups excluding carboxylic acids is 2. The number of benzene rings is 1. The normalized spacial score (nSPS) is 14.2. The Labute approximate surface area is 160 Å². The molecule has 2 rings (SSSR count). The van der Waals surface area contributed by atoms with Crippen molar-refractivity contribution in [2.45, 2.75) is 45.4 Å². The van der Waals surface area contributed by atoms with Gasteiger partial charge in [0.15, 0.2) is 0 Å². The van der Waals surface area contributed by atoms with Crippen molar-refractivity contribution in [3.8, 4) is 0 Å². The molecular formula is C19H27N3O4S. The predicted octanol–water partition coefficient (Wildman–Crippen LogP) is 2.78. The maximum absolute atomic E-state index is 12.2. The molecule has 0 aromatic heterocycles. The van der Waals surface area contributed by atoms with Gasteiger partial charge in [-0.1, -0.05) is 17.7 Å². The van der Waals surface area contributed by atoms with Crippen LogP contribution < -0.4 is 15.4 Å². The molecule has 0 radical (unpaired) electrons. The molecule has 0 aliphatic heterocycles. The molecule has 1 aromatic carbocycles. The maximum Gasteiger partial charge on any atom is 0.233 e. The quantitative estimate of drug-likeness (QED) is 0.561. The highest BCUT2D eigenvalue weighted by Crippen LogP contribution is 2.19. The lowest BCUT2D eigenvalue weighted by molar-refractivity contribution is -0.120. The molecule has 0 spiro atoms. The van der Waals surface area contributed by atoms with Crippen molar-refractivity contribution in [1.82, 2.24) is 5.32 Å². The monoisotopic (exact) mass is 393 g/mol. The van der Waals surface area contributed by atoms with Gasteiger partial charge in [-0.15, -0.1) is 0 Å². The van der Waals surface area contributed by atoms with Crippen LogP contribution in [0.15, 0.2) is 35.9 Å². The number of anilines is 2. The molecule has 2 amide bonds. The van der Waals surface area contributed by atoms with Gasteiger partial charge in [0.1, 0.15) is 0 Å². The summed E-state index contributed by atoms with van der Waals surface area (Å²) in [5.41, 5.74) is 2.21. The van der Waals surface area contributed by atoms with Crippen LogP contribution in [0.1, 0.15) is 45.4 Å². The Balaban J connectivity index is 1.76. The van der Waals surface area contributed by atoms with E-state index in [1.807, 2.05) is 0 Å². The van der Waals surface area contributed by atoms with E-state index >= 15 is 0 Å². The van der Waals surface area contributed by atoms with Gasteiger partial charge in [0.25, 0.3) is 0 Å². The van der Waals surface area contributed by atoms with Crippen LogP contribution in [0.25, 0.3) is 0 Å². The van der Waals surface area contributed by atoms with Crippen molar-refractivity contribution < 1.29 is 18.0 Å². The number of amides is 2. The molecule has 148 valence electrons. The topological polar surface area (TPSA) is 104 Å². The average molecular weight is 394 g/mol. The second-order valence-electron chi connectivity index (χ2n) is 6.64. The van der Waals surface area contributed by atoms with Gasteiger partial charge >= 0.3 is 0 Å². The lowest BCUT2D eigenvalue weighted by Crippen LogP contribution is -2.28. The van der Waals surface area contributed by atoms with Crippen molar-refractivity contribution in [2.24, 2.45) is 0 Å². The molecule has 0 bridgehead atoms. The molecule has 1 aliphatic carbocycles. The summed E-state index contributed by atoms with van der Waals surface area (Å²) in [6.45, 7) is 1.91. The first kappa shape index (κ1) is 21.0. The summed E-state index contributed by atoms with van der Waals surface area (Å²) in [6.07, 6.45) is 7.59. The van der Waals surface area contributed by atoms with Crippen LogP contribution in [-0.4, -0.2) is 32.5 Å². The first-order valence-corrected chi connectivity index (χ1v) is 10.8. The van der Waals surface area contributed by atoms with E-state index in [1.165, 1.54) is 31.4 Å². The fourth-order valence-electron chi connectivity index (χ4n) is 2.90. The zero-order chi connectivity index (χ0) is 19.7. The molecule has 0 atom stereocenters. The van der Waals surface area contributed by atoms with Crippen LogP contribution in [0.3, 0.4) is 0 Å². The highest BCUT2D eigenvalue weighted by molar-refractivity contribution is 7.92. The molecule has 0 saturated heterocycles. The SMILES string of the molecule is CC(=O)Nc1cccc(NS(=O)(=O)CCC(=O)NCCC2=CCCCC2)c1. The number of hydrogen-bond acceptors (Lipinski definition) is 4. The summed E-state index contributed by atoms with van der Waals surface area (Å²) in [7, 11) is -3.66. The molecule has 0 fully saturated rings. The molecule has 1 aliphatic rings. The minimum atomic E-state index is -3.66. The van der Waals surface area contributed by atoms with E-state index in [2.05, 4.69) is 21.4 Å². The van der Waals surface area contributed by atoms with E-state index in [0.717, 1.165) is 19.3 Å². The third-order valence-electron chi connectivity index (χ3n) is 4.21. The van der Waals surface area contributed by atoms with Gasteiger partial charge < -0.3 is 10.6 Å². The summed E-state index contributed by atoms with van der Waals surface area (Å²) in [5.74, 6) is -0.814. The molecular weight excluding hydrogens is 366 g/mol. The summed E-state index contributed by atoms with van der Waals surface area (Å²) < 4.78 is 26.8. The van der Waals surface area contributed by atoms with E-state index in [9.17, 15) is 18.0 Å². The number of sulfonamides is 1.